The number of sulfonamides is 1. The first-order valence-corrected chi connectivity index (χ1v) is 12.5. The van der Waals surface area contributed by atoms with Crippen LogP contribution in [0.5, 0.6) is 0 Å². The number of nitrogens with zero attached hydrogens (tertiary/aromatic N) is 2. The number of aromatic nitrogens is 1. The third-order valence-electron chi connectivity index (χ3n) is 6.58. The quantitative estimate of drug-likeness (QED) is 0.598. The molecule has 0 aromatic carbocycles. The number of H-pyrrole nitrogens is 1. The van der Waals surface area contributed by atoms with Gasteiger partial charge in [-0.2, -0.15) is 0 Å². The second-order valence-electron chi connectivity index (χ2n) is 9.61. The Labute approximate surface area is 180 Å². The van der Waals surface area contributed by atoms with Gasteiger partial charge in [0.1, 0.15) is 10.6 Å². The maximum Gasteiger partial charge on any atom is 0.268 e. The van der Waals surface area contributed by atoms with E-state index in [0.717, 1.165) is 19.6 Å². The van der Waals surface area contributed by atoms with E-state index in [1.54, 1.807) is 0 Å². The van der Waals surface area contributed by atoms with E-state index in [1.807, 2.05) is 0 Å². The van der Waals surface area contributed by atoms with E-state index in [-0.39, 0.29) is 34.5 Å². The molecule has 2 saturated heterocycles. The van der Waals surface area contributed by atoms with E-state index in [9.17, 15) is 13.2 Å². The number of hydrogen-bond acceptors (Lipinski definition) is 5. The lowest BCUT2D eigenvalue weighted by Gasteiger charge is -2.20. The Balaban J connectivity index is 1.63. The summed E-state index contributed by atoms with van der Waals surface area (Å²) >= 11 is 0. The van der Waals surface area contributed by atoms with Crippen molar-refractivity contribution in [2.45, 2.75) is 70.6 Å². The Morgan fingerprint density at radius 2 is 1.53 bits per heavy atom. The highest BCUT2D eigenvalue weighted by atomic mass is 32.2. The maximum absolute atomic E-state index is 12.9. The fourth-order valence-corrected chi connectivity index (χ4v) is 5.70. The summed E-state index contributed by atoms with van der Waals surface area (Å²) in [6.07, 6.45) is 1.40. The predicted molar refractivity (Wildman–Crippen MR) is 118 cm³/mol. The van der Waals surface area contributed by atoms with Crippen LogP contribution in [-0.2, 0) is 10.0 Å². The van der Waals surface area contributed by atoms with Gasteiger partial charge in [-0.05, 0) is 45.6 Å². The van der Waals surface area contributed by atoms with Crippen molar-refractivity contribution in [3.05, 3.63) is 18.0 Å². The third kappa shape index (κ3) is 5.07. The first-order valence-electron chi connectivity index (χ1n) is 11.0. The molecule has 0 radical (unpaired) electrons. The van der Waals surface area contributed by atoms with Gasteiger partial charge < -0.3 is 10.3 Å². The zero-order chi connectivity index (χ0) is 22.2. The SMILES string of the molecule is CC1CN(C(C)C)CC1NC(=O)c1cc(S(=O)(=O)NC2CN(C(C)C)CC2C)c[nH]1. The molecule has 1 amide bonds. The number of carbonyl (C=O) groups excluding carboxylic acids is 1. The highest BCUT2D eigenvalue weighted by Gasteiger charge is 2.35. The fraction of sp³-hybridized carbons (Fsp3) is 0.762. The molecule has 0 spiro atoms. The van der Waals surface area contributed by atoms with Gasteiger partial charge in [0.2, 0.25) is 10.0 Å². The summed E-state index contributed by atoms with van der Waals surface area (Å²) in [6, 6.07) is 2.17. The van der Waals surface area contributed by atoms with E-state index in [0.29, 0.717) is 24.5 Å². The van der Waals surface area contributed by atoms with Crippen LogP contribution in [0.25, 0.3) is 0 Å². The molecule has 0 aliphatic carbocycles. The lowest BCUT2D eigenvalue weighted by Crippen LogP contribution is -2.41. The summed E-state index contributed by atoms with van der Waals surface area (Å²) in [6.45, 7) is 16.1. The molecule has 170 valence electrons. The number of likely N-dealkylation sites (tertiary alicyclic amines) is 2. The number of hydrogen-bond donors (Lipinski definition) is 3. The van der Waals surface area contributed by atoms with Crippen molar-refractivity contribution in [3.63, 3.8) is 0 Å². The van der Waals surface area contributed by atoms with Crippen LogP contribution in [0.15, 0.2) is 17.2 Å². The van der Waals surface area contributed by atoms with Crippen molar-refractivity contribution in [1.29, 1.82) is 0 Å². The number of amides is 1. The molecule has 2 fully saturated rings. The summed E-state index contributed by atoms with van der Waals surface area (Å²) in [5.74, 6) is 0.319. The van der Waals surface area contributed by atoms with Crippen molar-refractivity contribution < 1.29 is 13.2 Å². The van der Waals surface area contributed by atoms with Crippen molar-refractivity contribution in [1.82, 2.24) is 24.8 Å². The van der Waals surface area contributed by atoms with Gasteiger partial charge in [0.25, 0.3) is 5.91 Å². The van der Waals surface area contributed by atoms with Gasteiger partial charge in [0.15, 0.2) is 0 Å². The molecule has 30 heavy (non-hydrogen) atoms. The van der Waals surface area contributed by atoms with E-state index in [4.69, 9.17) is 0 Å². The van der Waals surface area contributed by atoms with E-state index < -0.39 is 10.0 Å². The third-order valence-corrected chi connectivity index (χ3v) is 8.05. The van der Waals surface area contributed by atoms with Gasteiger partial charge in [0.05, 0.1) is 0 Å². The average Bonchev–Trinajstić information content (AvgIpc) is 3.35. The maximum atomic E-state index is 12.9. The number of carbonyl (C=O) groups is 1. The van der Waals surface area contributed by atoms with Gasteiger partial charge >= 0.3 is 0 Å². The van der Waals surface area contributed by atoms with Crippen LogP contribution in [0.3, 0.4) is 0 Å². The molecule has 0 saturated carbocycles. The first kappa shape index (κ1) is 23.2. The van der Waals surface area contributed by atoms with Crippen molar-refractivity contribution in [3.8, 4) is 0 Å². The second kappa shape index (κ2) is 8.98. The zero-order valence-electron chi connectivity index (χ0n) is 19.0. The Bertz CT molecular complexity index is 851. The summed E-state index contributed by atoms with van der Waals surface area (Å²) in [7, 11) is -3.69. The fourth-order valence-electron chi connectivity index (χ4n) is 4.37. The molecule has 9 heteroatoms. The Kier molecular flexibility index (Phi) is 6.96. The van der Waals surface area contributed by atoms with Crippen LogP contribution >= 0.6 is 0 Å². The first-order chi connectivity index (χ1) is 14.0. The van der Waals surface area contributed by atoms with Gasteiger partial charge in [-0.1, -0.05) is 13.8 Å². The van der Waals surface area contributed by atoms with Crippen LogP contribution in [0.4, 0.5) is 0 Å². The largest absolute Gasteiger partial charge is 0.356 e. The van der Waals surface area contributed by atoms with Gasteiger partial charge in [0, 0.05) is 56.5 Å². The lowest BCUT2D eigenvalue weighted by molar-refractivity contribution is 0.0926. The molecule has 3 heterocycles. The van der Waals surface area contributed by atoms with Crippen LogP contribution in [0.2, 0.25) is 0 Å². The molecular weight excluding hydrogens is 402 g/mol. The molecule has 1 aromatic heterocycles. The van der Waals surface area contributed by atoms with E-state index in [1.165, 1.54) is 12.3 Å². The average molecular weight is 440 g/mol. The van der Waals surface area contributed by atoms with Crippen LogP contribution in [0.1, 0.15) is 52.0 Å². The predicted octanol–water partition coefficient (Wildman–Crippen LogP) is 1.48. The molecular formula is C21H37N5O3S. The normalized spacial score (nSPS) is 28.7. The molecule has 1 aromatic rings. The van der Waals surface area contributed by atoms with E-state index in [2.05, 4.69) is 66.4 Å². The van der Waals surface area contributed by atoms with Gasteiger partial charge in [-0.15, -0.1) is 0 Å². The highest BCUT2D eigenvalue weighted by Crippen LogP contribution is 2.22. The smallest absolute Gasteiger partial charge is 0.268 e. The topological polar surface area (TPSA) is 97.5 Å². The van der Waals surface area contributed by atoms with Crippen LogP contribution in [0, 0.1) is 11.8 Å². The summed E-state index contributed by atoms with van der Waals surface area (Å²) in [5.41, 5.74) is 0.272. The van der Waals surface area contributed by atoms with E-state index >= 15 is 0 Å². The number of rotatable bonds is 7. The van der Waals surface area contributed by atoms with Crippen LogP contribution < -0.4 is 10.0 Å². The molecule has 2 aliphatic rings. The van der Waals surface area contributed by atoms with Crippen LogP contribution in [-0.4, -0.2) is 79.5 Å². The van der Waals surface area contributed by atoms with Crippen molar-refractivity contribution >= 4 is 15.9 Å². The molecule has 4 atom stereocenters. The molecule has 3 rings (SSSR count). The monoisotopic (exact) mass is 439 g/mol. The van der Waals surface area contributed by atoms with Crippen molar-refractivity contribution in [2.75, 3.05) is 26.2 Å². The molecule has 2 aliphatic heterocycles. The second-order valence-corrected chi connectivity index (χ2v) is 11.3. The Morgan fingerprint density at radius 1 is 1.00 bits per heavy atom. The number of aromatic amines is 1. The Morgan fingerprint density at radius 3 is 2.07 bits per heavy atom. The minimum Gasteiger partial charge on any atom is -0.356 e. The summed E-state index contributed by atoms with van der Waals surface area (Å²) < 4.78 is 28.6. The molecule has 3 N–H and O–H groups in total. The summed E-state index contributed by atoms with van der Waals surface area (Å²) in [5, 5.41) is 3.06. The van der Waals surface area contributed by atoms with Gasteiger partial charge in [-0.25, -0.2) is 13.1 Å². The number of nitrogens with one attached hydrogen (secondary N) is 3. The molecule has 8 nitrogen and oxygen atoms in total. The standard InChI is InChI=1S/C21H37N5O3S/c1-13(2)25-9-15(5)19(11-25)23-21(27)18-7-17(8-22-18)30(28,29)24-20-12-26(14(3)4)10-16(20)6/h7-8,13-16,19-20,22,24H,9-12H2,1-6H3,(H,23,27). The minimum atomic E-state index is -3.69. The lowest BCUT2D eigenvalue weighted by atomic mass is 10.1. The zero-order valence-corrected chi connectivity index (χ0v) is 19.8. The van der Waals surface area contributed by atoms with Gasteiger partial charge in [-0.3, -0.25) is 14.6 Å². The molecule has 4 unspecified atom stereocenters. The molecule has 0 bridgehead atoms. The summed E-state index contributed by atoms with van der Waals surface area (Å²) in [4.78, 5) is 20.3. The minimum absolute atomic E-state index is 0.0581. The Hall–Kier alpha value is -1.42. The van der Waals surface area contributed by atoms with Crippen molar-refractivity contribution in [2.24, 2.45) is 11.8 Å². The highest BCUT2D eigenvalue weighted by molar-refractivity contribution is 7.89.